The number of esters is 1. The van der Waals surface area contributed by atoms with Crippen LogP contribution in [0.25, 0.3) is 27.5 Å². The Morgan fingerprint density at radius 2 is 1.73 bits per heavy atom. The first kappa shape index (κ1) is 23.8. The van der Waals surface area contributed by atoms with Gasteiger partial charge in [-0.2, -0.15) is 0 Å². The van der Waals surface area contributed by atoms with Gasteiger partial charge in [-0.1, -0.05) is 36.4 Å². The minimum absolute atomic E-state index is 0.101. The van der Waals surface area contributed by atoms with E-state index in [-0.39, 0.29) is 28.9 Å². The van der Waals surface area contributed by atoms with Crippen LogP contribution in [0.4, 0.5) is 0 Å². The number of H-pyrrole nitrogens is 1. The zero-order valence-electron chi connectivity index (χ0n) is 20.2. The van der Waals surface area contributed by atoms with Crippen molar-refractivity contribution in [3.8, 4) is 16.9 Å². The van der Waals surface area contributed by atoms with Gasteiger partial charge in [-0.3, -0.25) is 14.4 Å². The third-order valence-corrected chi connectivity index (χ3v) is 6.12. The lowest BCUT2D eigenvalue weighted by Gasteiger charge is -2.09. The summed E-state index contributed by atoms with van der Waals surface area (Å²) in [7, 11) is 1.56. The van der Waals surface area contributed by atoms with Crippen LogP contribution in [0.5, 0.6) is 5.75 Å². The summed E-state index contributed by atoms with van der Waals surface area (Å²) in [6, 6.07) is 19.5. The Bertz CT molecular complexity index is 1780. The molecule has 2 aromatic carbocycles. The lowest BCUT2D eigenvalue weighted by Crippen LogP contribution is -2.37. The normalized spacial score (nSPS) is 11.1. The van der Waals surface area contributed by atoms with Crippen LogP contribution in [-0.4, -0.2) is 39.4 Å². The summed E-state index contributed by atoms with van der Waals surface area (Å²) >= 11 is 0. The molecular formula is C28H23N3O6. The van der Waals surface area contributed by atoms with E-state index in [1.165, 1.54) is 12.1 Å². The number of hydrogen-bond donors (Lipinski definition) is 1. The second kappa shape index (κ2) is 9.62. The number of nitrogens with one attached hydrogen (secondary N) is 1. The van der Waals surface area contributed by atoms with Gasteiger partial charge in [-0.15, -0.1) is 0 Å². The first-order valence-electron chi connectivity index (χ1n) is 11.6. The molecule has 3 aromatic heterocycles. The van der Waals surface area contributed by atoms with Crippen LogP contribution in [0.15, 0.2) is 82.5 Å². The summed E-state index contributed by atoms with van der Waals surface area (Å²) in [6.07, 6.45) is 1.78. The fourth-order valence-corrected chi connectivity index (χ4v) is 4.49. The zero-order valence-corrected chi connectivity index (χ0v) is 20.2. The molecule has 1 N–H and O–H groups in total. The first-order chi connectivity index (χ1) is 17.9. The fraction of sp³-hybridized carbons (Fsp3) is 0.143. The average molecular weight is 498 g/mol. The summed E-state index contributed by atoms with van der Waals surface area (Å²) in [6.45, 7) is 1.22. The standard InChI is InChI=1S/C28H23N3O6/c1-3-37-22(32)16-31-27(34)19-15-18(12-13-20(19)29-28(31)35)25(33)24-23(17-9-5-4-6-10-17)26(36-2)21-11-7-8-14-30(21)24/h4-15H,3,16H2,1-2H3,(H,29,35). The van der Waals surface area contributed by atoms with Crippen molar-refractivity contribution in [3.05, 3.63) is 105 Å². The van der Waals surface area contributed by atoms with E-state index in [0.717, 1.165) is 10.1 Å². The number of nitrogens with zero attached hydrogens (tertiary/aromatic N) is 2. The van der Waals surface area contributed by atoms with Crippen LogP contribution in [0.2, 0.25) is 0 Å². The van der Waals surface area contributed by atoms with Gasteiger partial charge in [-0.25, -0.2) is 9.36 Å². The van der Waals surface area contributed by atoms with Crippen molar-refractivity contribution in [2.24, 2.45) is 0 Å². The quantitative estimate of drug-likeness (QED) is 0.272. The van der Waals surface area contributed by atoms with E-state index < -0.39 is 23.8 Å². The van der Waals surface area contributed by atoms with Gasteiger partial charge in [0.05, 0.1) is 35.7 Å². The highest BCUT2D eigenvalue weighted by molar-refractivity contribution is 6.15. The molecule has 0 unspecified atom stereocenters. The molecule has 0 radical (unpaired) electrons. The van der Waals surface area contributed by atoms with E-state index in [4.69, 9.17) is 9.47 Å². The molecule has 0 bridgehead atoms. The molecule has 0 saturated carbocycles. The van der Waals surface area contributed by atoms with E-state index in [1.807, 2.05) is 48.5 Å². The molecule has 0 atom stereocenters. The number of ketones is 1. The molecular weight excluding hydrogens is 474 g/mol. The zero-order chi connectivity index (χ0) is 26.1. The molecule has 0 fully saturated rings. The molecule has 0 amide bonds. The summed E-state index contributed by atoms with van der Waals surface area (Å²) in [5.74, 6) is -0.495. The molecule has 5 rings (SSSR count). The molecule has 186 valence electrons. The van der Waals surface area contributed by atoms with Gasteiger partial charge in [0.25, 0.3) is 5.56 Å². The lowest BCUT2D eigenvalue weighted by atomic mass is 9.98. The van der Waals surface area contributed by atoms with Crippen LogP contribution in [0.1, 0.15) is 23.0 Å². The number of methoxy groups -OCH3 is 1. The Labute approximate surface area is 210 Å². The number of pyridine rings is 1. The van der Waals surface area contributed by atoms with Crippen LogP contribution in [0, 0.1) is 0 Å². The van der Waals surface area contributed by atoms with Gasteiger partial charge in [0.15, 0.2) is 5.75 Å². The predicted octanol–water partition coefficient (Wildman–Crippen LogP) is 3.41. The summed E-state index contributed by atoms with van der Waals surface area (Å²) in [5, 5.41) is 0.101. The largest absolute Gasteiger partial charge is 0.494 e. The van der Waals surface area contributed by atoms with Crippen molar-refractivity contribution in [1.29, 1.82) is 0 Å². The minimum atomic E-state index is -0.738. The third kappa shape index (κ3) is 4.10. The van der Waals surface area contributed by atoms with Crippen LogP contribution in [-0.2, 0) is 16.1 Å². The maximum Gasteiger partial charge on any atom is 0.329 e. The van der Waals surface area contributed by atoms with E-state index in [2.05, 4.69) is 4.98 Å². The first-order valence-corrected chi connectivity index (χ1v) is 11.6. The van der Waals surface area contributed by atoms with Gasteiger partial charge >= 0.3 is 11.7 Å². The monoisotopic (exact) mass is 497 g/mol. The number of fused-ring (bicyclic) bond motifs is 2. The van der Waals surface area contributed by atoms with Crippen LogP contribution in [0.3, 0.4) is 0 Å². The molecule has 9 nitrogen and oxygen atoms in total. The predicted molar refractivity (Wildman–Crippen MR) is 138 cm³/mol. The highest BCUT2D eigenvalue weighted by Gasteiger charge is 2.26. The molecule has 0 saturated heterocycles. The smallest absolute Gasteiger partial charge is 0.329 e. The van der Waals surface area contributed by atoms with Gasteiger partial charge in [0.2, 0.25) is 5.78 Å². The molecule has 0 spiro atoms. The van der Waals surface area contributed by atoms with E-state index in [1.54, 1.807) is 30.7 Å². The molecule has 9 heteroatoms. The Hall–Kier alpha value is -4.92. The minimum Gasteiger partial charge on any atom is -0.494 e. The second-order valence-electron chi connectivity index (χ2n) is 8.29. The SMILES string of the molecule is CCOC(=O)Cn1c(=O)[nH]c2ccc(C(=O)c3c(-c4ccccc4)c(OC)c4ccccn34)cc2c1=O. The molecule has 5 aromatic rings. The lowest BCUT2D eigenvalue weighted by molar-refractivity contribution is -0.143. The fourth-order valence-electron chi connectivity index (χ4n) is 4.49. The average Bonchev–Trinajstić information content (AvgIpc) is 3.25. The van der Waals surface area contributed by atoms with Gasteiger partial charge in [0, 0.05) is 11.8 Å². The van der Waals surface area contributed by atoms with Crippen molar-refractivity contribution in [1.82, 2.24) is 14.0 Å². The van der Waals surface area contributed by atoms with Crippen molar-refractivity contribution >= 4 is 28.2 Å². The second-order valence-corrected chi connectivity index (χ2v) is 8.29. The highest BCUT2D eigenvalue weighted by atomic mass is 16.5. The number of carbonyl (C=O) groups excluding carboxylic acids is 2. The number of ether oxygens (including phenoxy) is 2. The van der Waals surface area contributed by atoms with Crippen molar-refractivity contribution in [3.63, 3.8) is 0 Å². The van der Waals surface area contributed by atoms with Crippen molar-refractivity contribution < 1.29 is 19.1 Å². The summed E-state index contributed by atoms with van der Waals surface area (Å²) < 4.78 is 13.1. The Kier molecular flexibility index (Phi) is 6.19. The maximum atomic E-state index is 14.0. The van der Waals surface area contributed by atoms with E-state index >= 15 is 0 Å². The molecule has 3 heterocycles. The third-order valence-electron chi connectivity index (χ3n) is 6.12. The summed E-state index contributed by atoms with van der Waals surface area (Å²) in [4.78, 5) is 54.1. The van der Waals surface area contributed by atoms with E-state index in [0.29, 0.717) is 22.5 Å². The van der Waals surface area contributed by atoms with Crippen LogP contribution < -0.4 is 16.0 Å². The number of aromatic amines is 1. The van der Waals surface area contributed by atoms with Crippen LogP contribution >= 0.6 is 0 Å². The van der Waals surface area contributed by atoms with Gasteiger partial charge in [0.1, 0.15) is 12.2 Å². The molecule has 37 heavy (non-hydrogen) atoms. The topological polar surface area (TPSA) is 112 Å². The number of benzene rings is 2. The number of hydrogen-bond acceptors (Lipinski definition) is 6. The van der Waals surface area contributed by atoms with Crippen molar-refractivity contribution in [2.45, 2.75) is 13.5 Å². The van der Waals surface area contributed by atoms with Gasteiger partial charge < -0.3 is 18.9 Å². The van der Waals surface area contributed by atoms with E-state index in [9.17, 15) is 19.2 Å². The molecule has 0 aliphatic heterocycles. The molecule has 0 aliphatic rings. The number of rotatable bonds is 7. The Balaban J connectivity index is 1.71. The number of aromatic nitrogens is 3. The maximum absolute atomic E-state index is 14.0. The molecule has 0 aliphatic carbocycles. The van der Waals surface area contributed by atoms with Gasteiger partial charge in [-0.05, 0) is 42.8 Å². The highest BCUT2D eigenvalue weighted by Crippen LogP contribution is 2.40. The van der Waals surface area contributed by atoms with Crippen molar-refractivity contribution in [2.75, 3.05) is 13.7 Å². The number of carbonyl (C=O) groups is 2. The Morgan fingerprint density at radius 1 is 0.973 bits per heavy atom. The summed E-state index contributed by atoms with van der Waals surface area (Å²) in [5.41, 5.74) is 1.58. The Morgan fingerprint density at radius 3 is 2.46 bits per heavy atom.